The van der Waals surface area contributed by atoms with E-state index < -0.39 is 0 Å². The fraction of sp³-hybridized carbons (Fsp3) is 0.600. The van der Waals surface area contributed by atoms with Crippen molar-refractivity contribution in [1.82, 2.24) is 0 Å². The molecule has 0 atom stereocenters. The number of hydrogen-bond acceptors (Lipinski definition) is 3. The summed E-state index contributed by atoms with van der Waals surface area (Å²) >= 11 is 0. The molecular formula is C30H41NO2. The summed E-state index contributed by atoms with van der Waals surface area (Å²) in [5.41, 5.74) is 2.88. The number of nitriles is 1. The minimum absolute atomic E-state index is 0.0547. The molecule has 2 fully saturated rings. The van der Waals surface area contributed by atoms with E-state index in [2.05, 4.69) is 37.3 Å². The SMILES string of the molecule is CCCCc1ccc(C2CCC(C(=O)OC3CCC(CCC=CC=CC#N)CC3)CC2)cc1. The maximum atomic E-state index is 12.8. The topological polar surface area (TPSA) is 50.1 Å². The van der Waals surface area contributed by atoms with E-state index in [9.17, 15) is 4.79 Å². The van der Waals surface area contributed by atoms with Gasteiger partial charge in [0.05, 0.1) is 12.0 Å². The van der Waals surface area contributed by atoms with Crippen LogP contribution in [0.25, 0.3) is 0 Å². The Bertz CT molecular complexity index is 801. The molecule has 0 spiro atoms. The summed E-state index contributed by atoms with van der Waals surface area (Å²) in [4.78, 5) is 12.8. The van der Waals surface area contributed by atoms with E-state index in [0.29, 0.717) is 5.92 Å². The molecule has 0 amide bonds. The highest BCUT2D eigenvalue weighted by Crippen LogP contribution is 2.37. The van der Waals surface area contributed by atoms with Crippen molar-refractivity contribution in [3.05, 3.63) is 59.7 Å². The molecule has 0 N–H and O–H groups in total. The maximum Gasteiger partial charge on any atom is 0.309 e. The fourth-order valence-electron chi connectivity index (χ4n) is 5.40. The summed E-state index contributed by atoms with van der Waals surface area (Å²) in [6.45, 7) is 2.24. The van der Waals surface area contributed by atoms with Gasteiger partial charge in [-0.15, -0.1) is 0 Å². The first-order valence-corrected chi connectivity index (χ1v) is 13.2. The van der Waals surface area contributed by atoms with Gasteiger partial charge in [-0.1, -0.05) is 55.8 Å². The molecule has 0 unspecified atom stereocenters. The number of unbranched alkanes of at least 4 members (excludes halogenated alkanes) is 1. The number of esters is 1. The van der Waals surface area contributed by atoms with Gasteiger partial charge < -0.3 is 4.74 Å². The molecular weight excluding hydrogens is 406 g/mol. The first-order valence-electron chi connectivity index (χ1n) is 13.2. The van der Waals surface area contributed by atoms with Gasteiger partial charge in [-0.05, 0) is 100 Å². The summed E-state index contributed by atoms with van der Waals surface area (Å²) in [5, 5.41) is 8.48. The summed E-state index contributed by atoms with van der Waals surface area (Å²) in [7, 11) is 0. The Morgan fingerprint density at radius 2 is 1.76 bits per heavy atom. The van der Waals surface area contributed by atoms with Gasteiger partial charge in [0.25, 0.3) is 0 Å². The maximum absolute atomic E-state index is 12.8. The summed E-state index contributed by atoms with van der Waals surface area (Å²) in [6.07, 6.45) is 21.8. The zero-order valence-electron chi connectivity index (χ0n) is 20.4. The predicted octanol–water partition coefficient (Wildman–Crippen LogP) is 7.82. The predicted molar refractivity (Wildman–Crippen MR) is 135 cm³/mol. The van der Waals surface area contributed by atoms with Crippen LogP contribution in [0.5, 0.6) is 0 Å². The van der Waals surface area contributed by atoms with Gasteiger partial charge in [0.2, 0.25) is 0 Å². The molecule has 0 radical (unpaired) electrons. The number of ether oxygens (including phenoxy) is 1. The average molecular weight is 448 g/mol. The summed E-state index contributed by atoms with van der Waals surface area (Å²) < 4.78 is 5.95. The lowest BCUT2D eigenvalue weighted by Gasteiger charge is -2.31. The van der Waals surface area contributed by atoms with Crippen LogP contribution in [0.1, 0.15) is 101 Å². The number of carbonyl (C=O) groups is 1. The summed E-state index contributed by atoms with van der Waals surface area (Å²) in [6, 6.07) is 11.2. The molecule has 178 valence electrons. The Balaban J connectivity index is 1.33. The van der Waals surface area contributed by atoms with E-state index in [4.69, 9.17) is 10.00 Å². The Labute approximate surface area is 200 Å². The lowest BCUT2D eigenvalue weighted by Crippen LogP contribution is -2.29. The van der Waals surface area contributed by atoms with Crippen LogP contribution in [0.2, 0.25) is 0 Å². The first-order chi connectivity index (χ1) is 16.2. The molecule has 3 nitrogen and oxygen atoms in total. The van der Waals surface area contributed by atoms with Crippen LogP contribution in [-0.4, -0.2) is 12.1 Å². The number of benzene rings is 1. The Kier molecular flexibility index (Phi) is 10.8. The van der Waals surface area contributed by atoms with Crippen LogP contribution in [0.15, 0.2) is 48.6 Å². The fourth-order valence-corrected chi connectivity index (χ4v) is 5.40. The van der Waals surface area contributed by atoms with Crippen LogP contribution >= 0.6 is 0 Å². The van der Waals surface area contributed by atoms with E-state index in [0.717, 1.165) is 63.7 Å². The third-order valence-corrected chi connectivity index (χ3v) is 7.57. The first kappa shape index (κ1) is 25.3. The summed E-state index contributed by atoms with van der Waals surface area (Å²) in [5.74, 6) is 1.47. The minimum atomic E-state index is 0.0547. The monoisotopic (exact) mass is 447 g/mol. The van der Waals surface area contributed by atoms with Gasteiger partial charge in [0.15, 0.2) is 0 Å². The van der Waals surface area contributed by atoms with Crippen LogP contribution in [0, 0.1) is 23.2 Å². The molecule has 33 heavy (non-hydrogen) atoms. The van der Waals surface area contributed by atoms with E-state index in [-0.39, 0.29) is 18.0 Å². The van der Waals surface area contributed by atoms with E-state index in [1.807, 2.05) is 12.1 Å². The van der Waals surface area contributed by atoms with E-state index in [1.165, 1.54) is 42.9 Å². The number of carbonyl (C=O) groups excluding carboxylic acids is 1. The van der Waals surface area contributed by atoms with Crippen LogP contribution < -0.4 is 0 Å². The van der Waals surface area contributed by atoms with Gasteiger partial charge in [-0.3, -0.25) is 4.79 Å². The van der Waals surface area contributed by atoms with Crippen molar-refractivity contribution in [2.24, 2.45) is 11.8 Å². The normalized spacial score (nSPS) is 25.8. The Morgan fingerprint density at radius 3 is 2.42 bits per heavy atom. The molecule has 1 aromatic carbocycles. The van der Waals surface area contributed by atoms with Crippen molar-refractivity contribution in [1.29, 1.82) is 5.26 Å². The zero-order valence-corrected chi connectivity index (χ0v) is 20.4. The van der Waals surface area contributed by atoms with E-state index >= 15 is 0 Å². The van der Waals surface area contributed by atoms with Gasteiger partial charge in [0.1, 0.15) is 6.10 Å². The second-order valence-electron chi connectivity index (χ2n) is 9.97. The highest BCUT2D eigenvalue weighted by Gasteiger charge is 2.31. The lowest BCUT2D eigenvalue weighted by atomic mass is 9.78. The van der Waals surface area contributed by atoms with Crippen molar-refractivity contribution in [2.75, 3.05) is 0 Å². The molecule has 0 bridgehead atoms. The smallest absolute Gasteiger partial charge is 0.309 e. The molecule has 3 heteroatoms. The molecule has 0 aliphatic heterocycles. The zero-order chi connectivity index (χ0) is 23.3. The molecule has 2 saturated carbocycles. The average Bonchev–Trinajstić information content (AvgIpc) is 2.86. The van der Waals surface area contributed by atoms with Crippen molar-refractivity contribution in [3.8, 4) is 6.07 Å². The molecule has 0 saturated heterocycles. The Morgan fingerprint density at radius 1 is 1.03 bits per heavy atom. The van der Waals surface area contributed by atoms with Gasteiger partial charge >= 0.3 is 5.97 Å². The number of nitrogens with zero attached hydrogens (tertiary/aromatic N) is 1. The lowest BCUT2D eigenvalue weighted by molar-refractivity contribution is -0.157. The molecule has 1 aromatic rings. The standard InChI is InChI=1S/C30H41NO2/c1-2-3-9-24-11-15-26(16-12-24)27-17-19-28(20-18-27)30(32)33-29-21-13-25(14-22-29)10-7-5-4-6-8-23-31/h4-6,8,11-12,15-16,25,27-29H,2-3,7,9-10,13-14,17-22H2,1H3. The molecule has 2 aliphatic carbocycles. The number of aryl methyl sites for hydroxylation is 1. The second-order valence-corrected chi connectivity index (χ2v) is 9.97. The van der Waals surface area contributed by atoms with Crippen LogP contribution in [-0.2, 0) is 16.0 Å². The highest BCUT2D eigenvalue weighted by atomic mass is 16.5. The number of rotatable bonds is 10. The van der Waals surface area contributed by atoms with Crippen molar-refractivity contribution >= 4 is 5.97 Å². The van der Waals surface area contributed by atoms with Gasteiger partial charge in [-0.2, -0.15) is 5.26 Å². The third kappa shape index (κ3) is 8.50. The van der Waals surface area contributed by atoms with Crippen molar-refractivity contribution in [2.45, 2.75) is 102 Å². The third-order valence-electron chi connectivity index (χ3n) is 7.57. The largest absolute Gasteiger partial charge is 0.462 e. The molecule has 0 heterocycles. The van der Waals surface area contributed by atoms with Gasteiger partial charge in [0, 0.05) is 6.08 Å². The number of allylic oxidation sites excluding steroid dienone is 4. The van der Waals surface area contributed by atoms with Gasteiger partial charge in [-0.25, -0.2) is 0 Å². The molecule has 2 aliphatic rings. The highest BCUT2D eigenvalue weighted by molar-refractivity contribution is 5.72. The quantitative estimate of drug-likeness (QED) is 0.209. The van der Waals surface area contributed by atoms with E-state index in [1.54, 1.807) is 6.08 Å². The van der Waals surface area contributed by atoms with Crippen LogP contribution in [0.3, 0.4) is 0 Å². The van der Waals surface area contributed by atoms with Crippen molar-refractivity contribution < 1.29 is 9.53 Å². The second kappa shape index (κ2) is 14.0. The van der Waals surface area contributed by atoms with Crippen molar-refractivity contribution in [3.63, 3.8) is 0 Å². The molecule has 0 aromatic heterocycles. The molecule has 3 rings (SSSR count). The van der Waals surface area contributed by atoms with Crippen LogP contribution in [0.4, 0.5) is 0 Å². The number of hydrogen-bond donors (Lipinski definition) is 0. The minimum Gasteiger partial charge on any atom is -0.462 e. The Hall–Kier alpha value is -2.34.